The van der Waals surface area contributed by atoms with Gasteiger partial charge in [0.2, 0.25) is 0 Å². The molecule has 2 nitrogen and oxygen atoms in total. The van der Waals surface area contributed by atoms with E-state index < -0.39 is 0 Å². The molecule has 0 unspecified atom stereocenters. The number of aromatic nitrogens is 1. The molecule has 0 spiro atoms. The molecule has 7 heavy (non-hydrogen) atoms. The Kier molecular flexibility index (Phi) is 1.17. The monoisotopic (exact) mass is 112 g/mol. The highest BCUT2D eigenvalue weighted by molar-refractivity contribution is 7.06. The SMILES string of the molecule is O=c1cnc[c]s1. The van der Waals surface area contributed by atoms with Crippen LogP contribution in [0.25, 0.3) is 0 Å². The van der Waals surface area contributed by atoms with Crippen molar-refractivity contribution in [2.45, 2.75) is 0 Å². The lowest BCUT2D eigenvalue weighted by Gasteiger charge is -1.68. The molecule has 0 amide bonds. The summed E-state index contributed by atoms with van der Waals surface area (Å²) in [5, 5.41) is 2.58. The summed E-state index contributed by atoms with van der Waals surface area (Å²) in [7, 11) is 0. The topological polar surface area (TPSA) is 30.0 Å². The lowest BCUT2D eigenvalue weighted by molar-refractivity contribution is 1.34. The van der Waals surface area contributed by atoms with E-state index in [9.17, 15) is 4.79 Å². The summed E-state index contributed by atoms with van der Waals surface area (Å²) < 4.78 is -0.0532. The van der Waals surface area contributed by atoms with E-state index in [4.69, 9.17) is 0 Å². The number of rotatable bonds is 0. The van der Waals surface area contributed by atoms with E-state index in [1.54, 1.807) is 0 Å². The smallest absolute Gasteiger partial charge is 0.251 e. The maximum atomic E-state index is 10.2. The van der Waals surface area contributed by atoms with Crippen LogP contribution in [0.1, 0.15) is 0 Å². The van der Waals surface area contributed by atoms with E-state index in [0.717, 1.165) is 11.3 Å². The average Bonchev–Trinajstić information content (AvgIpc) is 1.69. The van der Waals surface area contributed by atoms with E-state index in [-0.39, 0.29) is 4.74 Å². The molecule has 0 aliphatic rings. The highest BCUT2D eigenvalue weighted by atomic mass is 32.1. The van der Waals surface area contributed by atoms with Crippen molar-refractivity contribution < 1.29 is 0 Å². The minimum Gasteiger partial charge on any atom is -0.276 e. The Morgan fingerprint density at radius 1 is 1.86 bits per heavy atom. The molecule has 35 valence electrons. The van der Waals surface area contributed by atoms with Gasteiger partial charge in [0, 0.05) is 6.20 Å². The predicted molar refractivity (Wildman–Crippen MR) is 27.2 cm³/mol. The van der Waals surface area contributed by atoms with Gasteiger partial charge < -0.3 is 0 Å². The molecule has 1 aromatic heterocycles. The van der Waals surface area contributed by atoms with Crippen molar-refractivity contribution in [2.24, 2.45) is 0 Å². The average molecular weight is 112 g/mol. The van der Waals surface area contributed by atoms with E-state index in [2.05, 4.69) is 10.4 Å². The van der Waals surface area contributed by atoms with Crippen molar-refractivity contribution >= 4 is 11.3 Å². The Bertz CT molecular complexity index is 177. The van der Waals surface area contributed by atoms with Crippen LogP contribution < -0.4 is 4.74 Å². The van der Waals surface area contributed by atoms with Crippen LogP contribution in [0.3, 0.4) is 0 Å². The third kappa shape index (κ3) is 1.08. The van der Waals surface area contributed by atoms with Gasteiger partial charge in [-0.25, -0.2) is 0 Å². The number of hydrogen-bond acceptors (Lipinski definition) is 3. The van der Waals surface area contributed by atoms with Gasteiger partial charge in [-0.05, 0) is 0 Å². The fourth-order valence-electron chi connectivity index (χ4n) is 0.239. The van der Waals surface area contributed by atoms with Crippen molar-refractivity contribution in [2.75, 3.05) is 0 Å². The predicted octanol–water partition coefficient (Wildman–Crippen LogP) is 0.303. The zero-order valence-corrected chi connectivity index (χ0v) is 4.23. The van der Waals surface area contributed by atoms with Gasteiger partial charge in [-0.2, -0.15) is 0 Å². The second-order valence-electron chi connectivity index (χ2n) is 0.946. The lowest BCUT2D eigenvalue weighted by Crippen LogP contribution is -1.88. The van der Waals surface area contributed by atoms with Gasteiger partial charge in [-0.15, -0.1) is 0 Å². The van der Waals surface area contributed by atoms with Crippen LogP contribution in [0.5, 0.6) is 0 Å². The molecule has 1 rings (SSSR count). The molecule has 1 heterocycles. The second-order valence-corrected chi connectivity index (χ2v) is 1.79. The molecule has 0 saturated carbocycles. The van der Waals surface area contributed by atoms with Crippen molar-refractivity contribution in [3.8, 4) is 0 Å². The molecule has 0 fully saturated rings. The largest absolute Gasteiger partial charge is 0.276 e. The van der Waals surface area contributed by atoms with Gasteiger partial charge in [0.25, 0.3) is 4.74 Å². The van der Waals surface area contributed by atoms with E-state index >= 15 is 0 Å². The summed E-state index contributed by atoms with van der Waals surface area (Å²) in [5.41, 5.74) is 0. The van der Waals surface area contributed by atoms with Crippen molar-refractivity contribution in [1.29, 1.82) is 0 Å². The number of hydrogen-bond donors (Lipinski definition) is 0. The van der Waals surface area contributed by atoms with E-state index in [1.807, 2.05) is 0 Å². The van der Waals surface area contributed by atoms with Gasteiger partial charge in [-0.1, -0.05) is 11.3 Å². The van der Waals surface area contributed by atoms with Crippen molar-refractivity contribution in [3.63, 3.8) is 0 Å². The molecule has 0 N–H and O–H groups in total. The normalized spacial score (nSPS) is 8.57. The zero-order valence-electron chi connectivity index (χ0n) is 3.42. The third-order valence-corrected chi connectivity index (χ3v) is 0.997. The molecule has 0 atom stereocenters. The summed E-state index contributed by atoms with van der Waals surface area (Å²) in [6.45, 7) is 0. The van der Waals surface area contributed by atoms with Gasteiger partial charge in [0.15, 0.2) is 0 Å². The standard InChI is InChI=1S/C4H2NOS/c6-4-3-5-1-2-7-4/h1,3H. The second kappa shape index (κ2) is 1.84. The molecule has 0 aliphatic carbocycles. The summed E-state index contributed by atoms with van der Waals surface area (Å²) in [5.74, 6) is 0. The first-order valence-electron chi connectivity index (χ1n) is 1.71. The fourth-order valence-corrected chi connectivity index (χ4v) is 0.583. The van der Waals surface area contributed by atoms with Crippen LogP contribution in [0.4, 0.5) is 0 Å². The van der Waals surface area contributed by atoms with Crippen LogP contribution in [0.15, 0.2) is 17.2 Å². The Balaban J connectivity index is 3.28. The van der Waals surface area contributed by atoms with E-state index in [1.165, 1.54) is 12.4 Å². The Labute approximate surface area is 44.5 Å². The Hall–Kier alpha value is -0.700. The zero-order chi connectivity index (χ0) is 5.11. The highest BCUT2D eigenvalue weighted by Gasteiger charge is 1.74. The fraction of sp³-hybridized carbons (Fsp3) is 0. The molecule has 0 aromatic carbocycles. The van der Waals surface area contributed by atoms with Crippen molar-refractivity contribution in [3.05, 3.63) is 27.3 Å². The molecular weight excluding hydrogens is 110 g/mol. The Morgan fingerprint density at radius 2 is 2.71 bits per heavy atom. The van der Waals surface area contributed by atoms with Crippen molar-refractivity contribution in [1.82, 2.24) is 4.98 Å². The first-order valence-corrected chi connectivity index (χ1v) is 2.52. The summed E-state index contributed by atoms with van der Waals surface area (Å²) in [6, 6.07) is 0. The molecule has 0 bridgehead atoms. The van der Waals surface area contributed by atoms with Gasteiger partial charge in [0.05, 0.1) is 11.6 Å². The Morgan fingerprint density at radius 3 is 3.00 bits per heavy atom. The molecule has 0 aliphatic heterocycles. The van der Waals surface area contributed by atoms with Crippen LogP contribution in [-0.2, 0) is 0 Å². The molecule has 0 saturated heterocycles. The molecule has 1 radical (unpaired) electrons. The van der Waals surface area contributed by atoms with Gasteiger partial charge in [-0.3, -0.25) is 9.78 Å². The molecule has 1 aromatic rings. The van der Waals surface area contributed by atoms with Gasteiger partial charge in [0.1, 0.15) is 0 Å². The minimum atomic E-state index is -0.0532. The van der Waals surface area contributed by atoms with Crippen LogP contribution in [0, 0.1) is 5.38 Å². The quantitative estimate of drug-likeness (QED) is 0.483. The molecular formula is C4H2NOS. The summed E-state index contributed by atoms with van der Waals surface area (Å²) in [4.78, 5) is 13.7. The summed E-state index contributed by atoms with van der Waals surface area (Å²) >= 11 is 1.02. The maximum Gasteiger partial charge on any atom is 0.251 e. The summed E-state index contributed by atoms with van der Waals surface area (Å²) in [6.07, 6.45) is 2.73. The number of nitrogens with zero attached hydrogens (tertiary/aromatic N) is 1. The minimum absolute atomic E-state index is 0.0532. The first kappa shape index (κ1) is 4.46. The lowest BCUT2D eigenvalue weighted by atomic mass is 10.9. The third-order valence-electron chi connectivity index (χ3n) is 0.467. The molecule has 3 heteroatoms. The van der Waals surface area contributed by atoms with Crippen LogP contribution in [-0.4, -0.2) is 4.98 Å². The van der Waals surface area contributed by atoms with Crippen LogP contribution in [0.2, 0.25) is 0 Å². The first-order chi connectivity index (χ1) is 3.39. The van der Waals surface area contributed by atoms with E-state index in [0.29, 0.717) is 0 Å². The maximum absolute atomic E-state index is 10.2. The highest BCUT2D eigenvalue weighted by Crippen LogP contribution is 1.75. The van der Waals surface area contributed by atoms with Crippen LogP contribution >= 0.6 is 11.3 Å². The van der Waals surface area contributed by atoms with Gasteiger partial charge >= 0.3 is 0 Å².